The van der Waals surface area contributed by atoms with Crippen molar-refractivity contribution in [1.82, 2.24) is 5.32 Å². The minimum atomic E-state index is -3.88. The van der Waals surface area contributed by atoms with Crippen molar-refractivity contribution < 1.29 is 23.2 Å². The van der Waals surface area contributed by atoms with Crippen molar-refractivity contribution >= 4 is 30.8 Å². The summed E-state index contributed by atoms with van der Waals surface area (Å²) in [7, 11) is -1.47. The molecule has 8 heteroatoms. The molecule has 0 saturated carbocycles. The van der Waals surface area contributed by atoms with Gasteiger partial charge >= 0.3 is 13.6 Å². The topological polar surface area (TPSA) is 84.9 Å². The van der Waals surface area contributed by atoms with E-state index in [1.54, 1.807) is 48.5 Å². The van der Waals surface area contributed by atoms with E-state index in [9.17, 15) is 14.2 Å². The molecule has 2 amide bonds. The number of hydrogen-bond donors (Lipinski definition) is 1. The SMILES string of the molecule is CCCCCC(=O)C(NC(=O)N(c1ccccc1)c1ccccc1)P(=O)(OC)OC. The van der Waals surface area contributed by atoms with Gasteiger partial charge in [-0.1, -0.05) is 56.2 Å². The maximum atomic E-state index is 13.3. The molecule has 2 aromatic carbocycles. The molecule has 0 aromatic heterocycles. The standard InChI is InChI=1S/C22H29N2O5P/c1-4-5-8-17-20(25)21(30(27,28-2)29-3)23-22(26)24(18-13-9-6-10-14-18)19-15-11-7-12-16-19/h6-7,9-16,21H,4-5,8,17H2,1-3H3,(H,23,26). The second-order valence-electron chi connectivity index (χ2n) is 6.69. The van der Waals surface area contributed by atoms with E-state index in [4.69, 9.17) is 9.05 Å². The van der Waals surface area contributed by atoms with Crippen LogP contribution in [0.4, 0.5) is 16.2 Å². The van der Waals surface area contributed by atoms with E-state index >= 15 is 0 Å². The van der Waals surface area contributed by atoms with Crippen molar-refractivity contribution in [3.05, 3.63) is 60.7 Å². The fraction of sp³-hybridized carbons (Fsp3) is 0.364. The third-order valence-corrected chi connectivity index (χ3v) is 6.72. The molecule has 0 spiro atoms. The highest BCUT2D eigenvalue weighted by atomic mass is 31.2. The van der Waals surface area contributed by atoms with Gasteiger partial charge in [-0.05, 0) is 30.7 Å². The first-order valence-electron chi connectivity index (χ1n) is 9.91. The molecule has 1 N–H and O–H groups in total. The van der Waals surface area contributed by atoms with Gasteiger partial charge in [0, 0.05) is 20.6 Å². The molecule has 2 aromatic rings. The van der Waals surface area contributed by atoms with Crippen molar-refractivity contribution in [3.8, 4) is 0 Å². The average Bonchev–Trinajstić information content (AvgIpc) is 2.78. The third kappa shape index (κ3) is 6.02. The summed E-state index contributed by atoms with van der Waals surface area (Å²) >= 11 is 0. The predicted molar refractivity (Wildman–Crippen MR) is 118 cm³/mol. The second kappa shape index (κ2) is 11.6. The van der Waals surface area contributed by atoms with Crippen molar-refractivity contribution in [3.63, 3.8) is 0 Å². The van der Waals surface area contributed by atoms with Gasteiger partial charge in [0.25, 0.3) is 0 Å². The largest absolute Gasteiger partial charge is 0.359 e. The first kappa shape index (κ1) is 23.8. The molecule has 0 fully saturated rings. The molecule has 0 heterocycles. The van der Waals surface area contributed by atoms with Gasteiger partial charge in [0.2, 0.25) is 0 Å². The number of ketones is 1. The minimum absolute atomic E-state index is 0.173. The molecule has 0 aliphatic rings. The Morgan fingerprint density at radius 3 is 1.87 bits per heavy atom. The van der Waals surface area contributed by atoms with Crippen molar-refractivity contribution in [2.45, 2.75) is 38.4 Å². The van der Waals surface area contributed by atoms with Crippen molar-refractivity contribution in [2.75, 3.05) is 19.1 Å². The highest BCUT2D eigenvalue weighted by Crippen LogP contribution is 2.51. The highest BCUT2D eigenvalue weighted by molar-refractivity contribution is 7.55. The zero-order valence-electron chi connectivity index (χ0n) is 17.6. The lowest BCUT2D eigenvalue weighted by Gasteiger charge is -2.28. The van der Waals surface area contributed by atoms with E-state index in [0.29, 0.717) is 17.8 Å². The fourth-order valence-corrected chi connectivity index (χ4v) is 4.35. The lowest BCUT2D eigenvalue weighted by atomic mass is 10.1. The summed E-state index contributed by atoms with van der Waals surface area (Å²) in [6, 6.07) is 17.4. The normalized spacial score (nSPS) is 12.2. The number of unbranched alkanes of at least 4 members (excludes halogenated alkanes) is 2. The first-order valence-corrected chi connectivity index (χ1v) is 11.5. The van der Waals surface area contributed by atoms with Crippen molar-refractivity contribution in [1.29, 1.82) is 0 Å². The van der Waals surface area contributed by atoms with Crippen LogP contribution in [0.1, 0.15) is 32.6 Å². The van der Waals surface area contributed by atoms with Crippen LogP contribution in [0.25, 0.3) is 0 Å². The molecule has 162 valence electrons. The quantitative estimate of drug-likeness (QED) is 0.375. The second-order valence-corrected chi connectivity index (χ2v) is 9.01. The Labute approximate surface area is 177 Å². The molecule has 0 saturated heterocycles. The van der Waals surface area contributed by atoms with Gasteiger partial charge in [-0.3, -0.25) is 14.3 Å². The number of nitrogens with one attached hydrogen (secondary N) is 1. The molecule has 0 aliphatic carbocycles. The molecular formula is C22H29N2O5P. The Hall–Kier alpha value is -2.47. The van der Waals surface area contributed by atoms with Crippen LogP contribution in [0, 0.1) is 0 Å². The van der Waals surface area contributed by atoms with Crippen LogP contribution in [0.2, 0.25) is 0 Å². The molecule has 7 nitrogen and oxygen atoms in total. The number of amides is 2. The number of Topliss-reactive ketones (excluding diaryl/α,β-unsaturated/α-hetero) is 1. The third-order valence-electron chi connectivity index (χ3n) is 4.65. The van der Waals surface area contributed by atoms with Crippen molar-refractivity contribution in [2.24, 2.45) is 0 Å². The van der Waals surface area contributed by atoms with Gasteiger partial charge in [-0.25, -0.2) is 4.79 Å². The van der Waals surface area contributed by atoms with Crippen LogP contribution in [0.5, 0.6) is 0 Å². The molecule has 0 radical (unpaired) electrons. The number of urea groups is 1. The number of anilines is 2. The molecule has 2 rings (SSSR count). The van der Waals surface area contributed by atoms with Crippen LogP contribution >= 0.6 is 7.60 Å². The van der Waals surface area contributed by atoms with E-state index in [2.05, 4.69) is 5.32 Å². The van der Waals surface area contributed by atoms with E-state index in [1.807, 2.05) is 19.1 Å². The number of rotatable bonds is 11. The summed E-state index contributed by atoms with van der Waals surface area (Å²) in [4.78, 5) is 27.6. The monoisotopic (exact) mass is 432 g/mol. The van der Waals surface area contributed by atoms with Crippen LogP contribution in [0.3, 0.4) is 0 Å². The van der Waals surface area contributed by atoms with Crippen LogP contribution in [0.15, 0.2) is 60.7 Å². The Balaban J connectivity index is 2.36. The maximum absolute atomic E-state index is 13.3. The number of nitrogens with zero attached hydrogens (tertiary/aromatic N) is 1. The van der Waals surface area contributed by atoms with Gasteiger partial charge in [0.05, 0.1) is 11.4 Å². The molecule has 30 heavy (non-hydrogen) atoms. The summed E-state index contributed by atoms with van der Waals surface area (Å²) in [6.07, 6.45) is 2.60. The van der Waals surface area contributed by atoms with E-state index in [-0.39, 0.29) is 12.2 Å². The van der Waals surface area contributed by atoms with E-state index in [1.165, 1.54) is 19.1 Å². The number of para-hydroxylation sites is 2. The minimum Gasteiger partial charge on any atom is -0.317 e. The zero-order chi connectivity index (χ0) is 22.0. The summed E-state index contributed by atoms with van der Waals surface area (Å²) in [5.41, 5.74) is 1.20. The molecule has 1 atom stereocenters. The first-order chi connectivity index (χ1) is 14.5. The van der Waals surface area contributed by atoms with E-state index < -0.39 is 19.4 Å². The Bertz CT molecular complexity index is 813. The van der Waals surface area contributed by atoms with Crippen LogP contribution < -0.4 is 10.2 Å². The number of benzene rings is 2. The fourth-order valence-electron chi connectivity index (χ4n) is 3.03. The zero-order valence-corrected chi connectivity index (χ0v) is 18.5. The van der Waals surface area contributed by atoms with Gasteiger partial charge in [0.15, 0.2) is 11.6 Å². The lowest BCUT2D eigenvalue weighted by molar-refractivity contribution is -0.119. The van der Waals surface area contributed by atoms with Gasteiger partial charge in [-0.15, -0.1) is 0 Å². The molecule has 0 aliphatic heterocycles. The predicted octanol–water partition coefficient (Wildman–Crippen LogP) is 5.50. The van der Waals surface area contributed by atoms with Crippen LogP contribution in [-0.4, -0.2) is 31.8 Å². The number of hydrogen-bond acceptors (Lipinski definition) is 5. The summed E-state index contributed by atoms with van der Waals surface area (Å²) < 4.78 is 23.2. The van der Waals surface area contributed by atoms with Gasteiger partial charge < -0.3 is 14.4 Å². The average molecular weight is 432 g/mol. The van der Waals surface area contributed by atoms with E-state index in [0.717, 1.165) is 12.8 Å². The Kier molecular flexibility index (Phi) is 9.24. The smallest absolute Gasteiger partial charge is 0.317 e. The molecule has 0 bridgehead atoms. The molecular weight excluding hydrogens is 403 g/mol. The van der Waals surface area contributed by atoms with Gasteiger partial charge in [0.1, 0.15) is 0 Å². The number of carbonyl (C=O) groups excluding carboxylic acids is 2. The summed E-state index contributed by atoms with van der Waals surface area (Å²) in [5, 5.41) is 2.61. The highest BCUT2D eigenvalue weighted by Gasteiger charge is 2.41. The maximum Gasteiger partial charge on any atom is 0.359 e. The molecule has 1 unspecified atom stereocenters. The Morgan fingerprint density at radius 1 is 0.933 bits per heavy atom. The van der Waals surface area contributed by atoms with Gasteiger partial charge in [-0.2, -0.15) is 0 Å². The summed E-state index contributed by atoms with van der Waals surface area (Å²) in [5.74, 6) is -1.78. The number of carbonyl (C=O) groups is 2. The summed E-state index contributed by atoms with van der Waals surface area (Å²) in [6.45, 7) is 2.02. The lowest BCUT2D eigenvalue weighted by Crippen LogP contribution is -2.46. The Morgan fingerprint density at radius 2 is 1.43 bits per heavy atom. The van der Waals surface area contributed by atoms with Crippen LogP contribution in [-0.2, 0) is 18.4 Å².